The zero-order chi connectivity index (χ0) is 19.4. The Morgan fingerprint density at radius 1 is 1.22 bits per heavy atom. The number of fused-ring (bicyclic) bond motifs is 3. The molecule has 1 saturated heterocycles. The second-order valence-electron chi connectivity index (χ2n) is 9.35. The maximum Gasteiger partial charge on any atom is 0.354 e. The number of aromatic amines is 1. The molecule has 2 unspecified atom stereocenters. The summed E-state index contributed by atoms with van der Waals surface area (Å²) < 4.78 is 5.05. The second-order valence-corrected chi connectivity index (χ2v) is 9.35. The molecule has 1 aliphatic carbocycles. The van der Waals surface area contributed by atoms with Gasteiger partial charge >= 0.3 is 5.97 Å². The van der Waals surface area contributed by atoms with Crippen LogP contribution in [0.3, 0.4) is 0 Å². The van der Waals surface area contributed by atoms with Gasteiger partial charge in [-0.15, -0.1) is 0 Å². The van der Waals surface area contributed by atoms with Gasteiger partial charge in [0.2, 0.25) is 0 Å². The zero-order valence-corrected chi connectivity index (χ0v) is 16.6. The van der Waals surface area contributed by atoms with Crippen molar-refractivity contribution >= 4 is 22.8 Å². The van der Waals surface area contributed by atoms with Crippen molar-refractivity contribution in [1.29, 1.82) is 0 Å². The number of esters is 1. The third kappa shape index (κ3) is 3.24. The van der Waals surface area contributed by atoms with Crippen LogP contribution in [0.1, 0.15) is 67.8 Å². The number of ether oxygens (including phenoxy) is 1. The summed E-state index contributed by atoms with van der Waals surface area (Å²) in [5, 5.41) is 0.859. The van der Waals surface area contributed by atoms with Gasteiger partial charge in [0.1, 0.15) is 5.69 Å². The van der Waals surface area contributed by atoms with E-state index in [1.165, 1.54) is 6.42 Å². The second kappa shape index (κ2) is 6.11. The standard InChI is InChI=1S/C22H28N2O3/c1-5-27-20(26)18-9-15-8-14(6-7-17(15)23-18)19(25)24-13-22(4)11-16(24)10-21(2,3)12-22/h6-9,16,23H,5,10-13H2,1-4H3. The van der Waals surface area contributed by atoms with Crippen molar-refractivity contribution in [1.82, 2.24) is 9.88 Å². The lowest BCUT2D eigenvalue weighted by Crippen LogP contribution is -2.37. The van der Waals surface area contributed by atoms with Crippen molar-refractivity contribution < 1.29 is 14.3 Å². The first-order chi connectivity index (χ1) is 12.7. The molecule has 1 amide bonds. The fourth-order valence-corrected chi connectivity index (χ4v) is 5.45. The number of benzene rings is 1. The molecular weight excluding hydrogens is 340 g/mol. The largest absolute Gasteiger partial charge is 0.461 e. The molecule has 2 aromatic rings. The molecule has 4 rings (SSSR count). The number of hydrogen-bond acceptors (Lipinski definition) is 3. The predicted octanol–water partition coefficient (Wildman–Crippen LogP) is 4.39. The quantitative estimate of drug-likeness (QED) is 0.818. The van der Waals surface area contributed by atoms with Crippen molar-refractivity contribution in [3.8, 4) is 0 Å². The summed E-state index contributed by atoms with van der Waals surface area (Å²) in [6.45, 7) is 9.89. The molecule has 2 aliphatic rings. The van der Waals surface area contributed by atoms with Crippen LogP contribution in [0.4, 0.5) is 0 Å². The van der Waals surface area contributed by atoms with E-state index in [4.69, 9.17) is 4.74 Å². The van der Waals surface area contributed by atoms with Crippen LogP contribution in [0, 0.1) is 10.8 Å². The van der Waals surface area contributed by atoms with Gasteiger partial charge in [0.05, 0.1) is 6.61 Å². The van der Waals surface area contributed by atoms with Crippen LogP contribution >= 0.6 is 0 Å². The molecule has 2 bridgehead atoms. The van der Waals surface area contributed by atoms with Crippen LogP contribution in [0.15, 0.2) is 24.3 Å². The van der Waals surface area contributed by atoms with Crippen molar-refractivity contribution in [2.45, 2.75) is 53.0 Å². The Hall–Kier alpha value is -2.30. The van der Waals surface area contributed by atoms with Crippen LogP contribution in [-0.4, -0.2) is 41.0 Å². The van der Waals surface area contributed by atoms with Gasteiger partial charge < -0.3 is 14.6 Å². The highest BCUT2D eigenvalue weighted by molar-refractivity contribution is 6.00. The lowest BCUT2D eigenvalue weighted by Gasteiger charge is -2.39. The number of rotatable bonds is 3. The van der Waals surface area contributed by atoms with Crippen molar-refractivity contribution in [3.63, 3.8) is 0 Å². The topological polar surface area (TPSA) is 62.4 Å². The molecule has 2 atom stereocenters. The summed E-state index contributed by atoms with van der Waals surface area (Å²) in [4.78, 5) is 30.3. The number of nitrogens with one attached hydrogen (secondary N) is 1. The molecule has 1 aromatic carbocycles. The summed E-state index contributed by atoms with van der Waals surface area (Å²) in [7, 11) is 0. The summed E-state index contributed by atoms with van der Waals surface area (Å²) in [5.41, 5.74) is 2.44. The number of amides is 1. The fourth-order valence-electron chi connectivity index (χ4n) is 5.45. The molecule has 1 aliphatic heterocycles. The number of nitrogens with zero attached hydrogens (tertiary/aromatic N) is 1. The Balaban J connectivity index is 1.61. The molecule has 1 N–H and O–H groups in total. The lowest BCUT2D eigenvalue weighted by molar-refractivity contribution is 0.0520. The average Bonchev–Trinajstić information content (AvgIpc) is 3.11. The molecule has 1 saturated carbocycles. The summed E-state index contributed by atoms with van der Waals surface area (Å²) in [6.07, 6.45) is 3.33. The van der Waals surface area contributed by atoms with E-state index in [9.17, 15) is 9.59 Å². The summed E-state index contributed by atoms with van der Waals surface area (Å²) >= 11 is 0. The van der Waals surface area contributed by atoms with Gasteiger partial charge in [-0.2, -0.15) is 0 Å². The molecule has 2 heterocycles. The lowest BCUT2D eigenvalue weighted by atomic mass is 9.65. The van der Waals surface area contributed by atoms with Crippen LogP contribution in [-0.2, 0) is 4.74 Å². The summed E-state index contributed by atoms with van der Waals surface area (Å²) in [5.74, 6) is -0.271. The van der Waals surface area contributed by atoms with Crippen molar-refractivity contribution in [2.24, 2.45) is 10.8 Å². The molecular formula is C22H28N2O3. The van der Waals surface area contributed by atoms with E-state index in [1.807, 2.05) is 18.2 Å². The maximum absolute atomic E-state index is 13.3. The SMILES string of the molecule is CCOC(=O)c1cc2cc(C(=O)N3CC4(C)CC3CC(C)(C)C4)ccc2[nH]1. The number of carbonyl (C=O) groups is 2. The van der Waals surface area contributed by atoms with Gasteiger partial charge in [-0.3, -0.25) is 4.79 Å². The van der Waals surface area contributed by atoms with E-state index in [1.54, 1.807) is 13.0 Å². The van der Waals surface area contributed by atoms with Gasteiger partial charge in [0.25, 0.3) is 5.91 Å². The predicted molar refractivity (Wildman–Crippen MR) is 105 cm³/mol. The Morgan fingerprint density at radius 3 is 2.74 bits per heavy atom. The molecule has 1 aromatic heterocycles. The first-order valence-electron chi connectivity index (χ1n) is 9.81. The number of hydrogen-bond donors (Lipinski definition) is 1. The van der Waals surface area contributed by atoms with E-state index in [0.717, 1.165) is 30.3 Å². The Labute approximate surface area is 160 Å². The minimum atomic E-state index is -0.370. The zero-order valence-electron chi connectivity index (χ0n) is 16.6. The Bertz CT molecular complexity index is 913. The molecule has 0 radical (unpaired) electrons. The number of carbonyl (C=O) groups excluding carboxylic acids is 2. The van der Waals surface area contributed by atoms with Crippen molar-refractivity contribution in [3.05, 3.63) is 35.5 Å². The molecule has 5 heteroatoms. The molecule has 0 spiro atoms. The minimum absolute atomic E-state index is 0.0993. The van der Waals surface area contributed by atoms with E-state index < -0.39 is 0 Å². The van der Waals surface area contributed by atoms with Gasteiger partial charge in [0.15, 0.2) is 0 Å². The van der Waals surface area contributed by atoms with Crippen LogP contribution in [0.25, 0.3) is 10.9 Å². The fraction of sp³-hybridized carbons (Fsp3) is 0.545. The molecule has 2 fully saturated rings. The minimum Gasteiger partial charge on any atom is -0.461 e. The number of likely N-dealkylation sites (tertiary alicyclic amines) is 1. The molecule has 5 nitrogen and oxygen atoms in total. The third-order valence-corrected chi connectivity index (χ3v) is 6.04. The smallest absolute Gasteiger partial charge is 0.354 e. The van der Waals surface area contributed by atoms with Gasteiger partial charge in [-0.05, 0) is 61.3 Å². The van der Waals surface area contributed by atoms with Gasteiger partial charge in [-0.25, -0.2) is 4.79 Å². The first kappa shape index (κ1) is 18.1. The highest BCUT2D eigenvalue weighted by atomic mass is 16.5. The third-order valence-electron chi connectivity index (χ3n) is 6.04. The molecule has 144 valence electrons. The highest BCUT2D eigenvalue weighted by Gasteiger charge is 2.51. The first-order valence-corrected chi connectivity index (χ1v) is 9.81. The normalized spacial score (nSPS) is 26.4. The summed E-state index contributed by atoms with van der Waals surface area (Å²) in [6, 6.07) is 7.69. The van der Waals surface area contributed by atoms with Gasteiger partial charge in [0, 0.05) is 29.1 Å². The Morgan fingerprint density at radius 2 is 2.00 bits per heavy atom. The maximum atomic E-state index is 13.3. The monoisotopic (exact) mass is 368 g/mol. The highest BCUT2D eigenvalue weighted by Crippen LogP contribution is 2.52. The van der Waals surface area contributed by atoms with E-state index >= 15 is 0 Å². The van der Waals surface area contributed by atoms with E-state index in [-0.39, 0.29) is 22.7 Å². The average molecular weight is 368 g/mol. The van der Waals surface area contributed by atoms with Crippen LogP contribution < -0.4 is 0 Å². The number of aromatic nitrogens is 1. The Kier molecular flexibility index (Phi) is 4.09. The number of H-pyrrole nitrogens is 1. The van der Waals surface area contributed by atoms with E-state index in [0.29, 0.717) is 23.9 Å². The van der Waals surface area contributed by atoms with Crippen LogP contribution in [0.2, 0.25) is 0 Å². The van der Waals surface area contributed by atoms with E-state index in [2.05, 4.69) is 30.7 Å². The molecule has 27 heavy (non-hydrogen) atoms. The van der Waals surface area contributed by atoms with Crippen molar-refractivity contribution in [2.75, 3.05) is 13.2 Å². The van der Waals surface area contributed by atoms with Crippen LogP contribution in [0.5, 0.6) is 0 Å². The van der Waals surface area contributed by atoms with Gasteiger partial charge in [-0.1, -0.05) is 20.8 Å².